The second kappa shape index (κ2) is 8.53. The van der Waals surface area contributed by atoms with Crippen LogP contribution in [0.2, 0.25) is 0 Å². The minimum atomic E-state index is -0.460. The van der Waals surface area contributed by atoms with Crippen LogP contribution in [0.5, 0.6) is 5.75 Å². The Morgan fingerprint density at radius 3 is 2.47 bits per heavy atom. The van der Waals surface area contributed by atoms with E-state index in [1.165, 1.54) is 6.07 Å². The van der Waals surface area contributed by atoms with Crippen LogP contribution in [0.25, 0.3) is 11.3 Å². The first-order chi connectivity index (χ1) is 15.2. The molecular weight excluding hydrogens is 409 g/mol. The van der Waals surface area contributed by atoms with Crippen molar-refractivity contribution < 1.29 is 13.9 Å². The van der Waals surface area contributed by atoms with Crippen molar-refractivity contribution >= 4 is 17.5 Å². The van der Waals surface area contributed by atoms with Crippen molar-refractivity contribution in [3.8, 4) is 17.0 Å². The Kier molecular flexibility index (Phi) is 5.78. The number of anilines is 2. The maximum Gasteiger partial charge on any atom is 0.322 e. The fraction of sp³-hybridized carbons (Fsp3) is 0.333. The quantitative estimate of drug-likeness (QED) is 0.606. The molecule has 1 aliphatic heterocycles. The summed E-state index contributed by atoms with van der Waals surface area (Å²) < 4.78 is 21.3. The highest BCUT2D eigenvalue weighted by atomic mass is 19.1. The summed E-state index contributed by atoms with van der Waals surface area (Å²) in [5, 5.41) is 6.24. The molecule has 2 amide bonds. The second-order valence-electron chi connectivity index (χ2n) is 8.81. The molecule has 0 spiro atoms. The molecule has 3 aromatic rings. The van der Waals surface area contributed by atoms with Crippen molar-refractivity contribution in [2.24, 2.45) is 0 Å². The van der Waals surface area contributed by atoms with Gasteiger partial charge in [-0.1, -0.05) is 12.1 Å². The number of hydrogen-bond acceptors (Lipinski definition) is 4. The molecule has 0 bridgehead atoms. The van der Waals surface area contributed by atoms with E-state index in [1.54, 1.807) is 30.2 Å². The van der Waals surface area contributed by atoms with E-state index in [1.807, 2.05) is 24.3 Å². The highest BCUT2D eigenvalue weighted by molar-refractivity contribution is 5.89. The molecule has 0 saturated carbocycles. The Bertz CT molecular complexity index is 1120. The van der Waals surface area contributed by atoms with Crippen LogP contribution in [-0.2, 0) is 13.1 Å². The molecule has 0 aliphatic carbocycles. The van der Waals surface area contributed by atoms with Crippen molar-refractivity contribution in [1.29, 1.82) is 0 Å². The first-order valence-corrected chi connectivity index (χ1v) is 10.6. The highest BCUT2D eigenvalue weighted by Gasteiger charge is 2.28. The zero-order valence-electron chi connectivity index (χ0n) is 18.8. The van der Waals surface area contributed by atoms with Crippen LogP contribution in [0.15, 0.2) is 48.5 Å². The number of fused-ring (bicyclic) bond motifs is 1. The normalized spacial score (nSPS) is 13.5. The molecule has 32 heavy (non-hydrogen) atoms. The molecule has 4 rings (SSSR count). The summed E-state index contributed by atoms with van der Waals surface area (Å²) in [5.74, 6) is 2.01. The van der Waals surface area contributed by atoms with Crippen molar-refractivity contribution in [3.05, 3.63) is 60.2 Å². The number of imidazole rings is 1. The van der Waals surface area contributed by atoms with E-state index < -0.39 is 5.82 Å². The van der Waals surface area contributed by atoms with E-state index in [2.05, 4.69) is 36.0 Å². The minimum absolute atomic E-state index is 0.167. The molecule has 168 valence electrons. The number of benzene rings is 2. The van der Waals surface area contributed by atoms with Gasteiger partial charge < -0.3 is 24.8 Å². The van der Waals surface area contributed by atoms with Crippen molar-refractivity contribution in [2.75, 3.05) is 24.3 Å². The monoisotopic (exact) mass is 437 g/mol. The number of amides is 2. The average Bonchev–Trinajstić information content (AvgIpc) is 3.11. The van der Waals surface area contributed by atoms with Crippen LogP contribution in [-0.4, -0.2) is 39.7 Å². The number of nitrogens with zero attached hydrogens (tertiary/aromatic N) is 3. The summed E-state index contributed by atoms with van der Waals surface area (Å²) >= 11 is 0. The van der Waals surface area contributed by atoms with Gasteiger partial charge in [0.25, 0.3) is 0 Å². The number of ether oxygens (including phenoxy) is 1. The third-order valence-electron chi connectivity index (χ3n) is 5.23. The topological polar surface area (TPSA) is 71.4 Å². The molecule has 2 N–H and O–H groups in total. The predicted molar refractivity (Wildman–Crippen MR) is 123 cm³/mol. The number of aromatic nitrogens is 2. The van der Waals surface area contributed by atoms with Gasteiger partial charge in [0.15, 0.2) is 0 Å². The number of carbonyl (C=O) groups excluding carboxylic acids is 1. The smallest absolute Gasteiger partial charge is 0.322 e. The Morgan fingerprint density at radius 2 is 1.81 bits per heavy atom. The third-order valence-corrected chi connectivity index (χ3v) is 5.23. The van der Waals surface area contributed by atoms with Gasteiger partial charge >= 0.3 is 6.03 Å². The Labute approximate surface area is 187 Å². The predicted octanol–water partition coefficient (Wildman–Crippen LogP) is 4.96. The van der Waals surface area contributed by atoms with Gasteiger partial charge in [0.1, 0.15) is 28.9 Å². The highest BCUT2D eigenvalue weighted by Crippen LogP contribution is 2.33. The summed E-state index contributed by atoms with van der Waals surface area (Å²) in [6, 6.07) is 13.6. The Balaban J connectivity index is 1.63. The maximum absolute atomic E-state index is 13.9. The number of para-hydroxylation sites is 1. The van der Waals surface area contributed by atoms with Gasteiger partial charge in [-0.25, -0.2) is 14.2 Å². The molecule has 0 unspecified atom stereocenters. The van der Waals surface area contributed by atoms with E-state index in [0.29, 0.717) is 19.6 Å². The second-order valence-corrected chi connectivity index (χ2v) is 8.81. The van der Waals surface area contributed by atoms with Gasteiger partial charge in [0.05, 0.1) is 19.3 Å². The van der Waals surface area contributed by atoms with Gasteiger partial charge in [-0.15, -0.1) is 0 Å². The number of hydrogen-bond donors (Lipinski definition) is 2. The molecule has 2 heterocycles. The van der Waals surface area contributed by atoms with Crippen molar-refractivity contribution in [3.63, 3.8) is 0 Å². The molecule has 0 atom stereocenters. The van der Waals surface area contributed by atoms with Crippen LogP contribution in [0.1, 0.15) is 26.6 Å². The van der Waals surface area contributed by atoms with E-state index >= 15 is 0 Å². The fourth-order valence-corrected chi connectivity index (χ4v) is 3.69. The van der Waals surface area contributed by atoms with Crippen molar-refractivity contribution in [1.82, 2.24) is 14.5 Å². The zero-order chi connectivity index (χ0) is 22.9. The third kappa shape index (κ3) is 4.54. The number of carbonyl (C=O) groups is 1. The van der Waals surface area contributed by atoms with Gasteiger partial charge in [-0.3, -0.25) is 0 Å². The summed E-state index contributed by atoms with van der Waals surface area (Å²) in [4.78, 5) is 19.3. The molecule has 0 fully saturated rings. The maximum atomic E-state index is 13.9. The van der Waals surface area contributed by atoms with Crippen LogP contribution in [0, 0.1) is 5.82 Å². The summed E-state index contributed by atoms with van der Waals surface area (Å²) in [6.45, 7) is 7.70. The molecule has 7 nitrogen and oxygen atoms in total. The number of urea groups is 1. The first-order valence-electron chi connectivity index (χ1n) is 10.6. The molecule has 2 aromatic carbocycles. The van der Waals surface area contributed by atoms with E-state index in [4.69, 9.17) is 9.72 Å². The van der Waals surface area contributed by atoms with E-state index in [9.17, 15) is 9.18 Å². The molecule has 8 heteroatoms. The molecule has 0 saturated heterocycles. The molecular formula is C24H28FN5O2. The fourth-order valence-electron chi connectivity index (χ4n) is 3.69. The Morgan fingerprint density at radius 1 is 1.09 bits per heavy atom. The van der Waals surface area contributed by atoms with Gasteiger partial charge in [0, 0.05) is 24.2 Å². The number of halogens is 1. The standard InChI is InChI=1S/C24H28FN5O2/c1-24(2,3)28-22-21(16-9-11-17(32-4)12-10-16)27-20-15-29(13-14-30(20)22)23(31)26-19-8-6-5-7-18(19)25/h5-12,28H,13-15H2,1-4H3,(H,26,31). The lowest BCUT2D eigenvalue weighted by Crippen LogP contribution is -2.41. The number of methoxy groups -OCH3 is 1. The molecule has 1 aromatic heterocycles. The Hall–Kier alpha value is -3.55. The first kappa shape index (κ1) is 21.7. The summed E-state index contributed by atoms with van der Waals surface area (Å²) in [6.07, 6.45) is 0. The lowest BCUT2D eigenvalue weighted by molar-refractivity contribution is 0.196. The number of rotatable bonds is 4. The van der Waals surface area contributed by atoms with Crippen LogP contribution in [0.3, 0.4) is 0 Å². The lowest BCUT2D eigenvalue weighted by Gasteiger charge is -2.30. The number of nitrogens with one attached hydrogen (secondary N) is 2. The molecule has 1 aliphatic rings. The van der Waals surface area contributed by atoms with Gasteiger partial charge in [-0.05, 0) is 57.2 Å². The average molecular weight is 438 g/mol. The molecule has 0 radical (unpaired) electrons. The van der Waals surface area contributed by atoms with Gasteiger partial charge in [0.2, 0.25) is 0 Å². The largest absolute Gasteiger partial charge is 0.497 e. The van der Waals surface area contributed by atoms with Crippen LogP contribution < -0.4 is 15.4 Å². The lowest BCUT2D eigenvalue weighted by atomic mass is 10.1. The zero-order valence-corrected chi connectivity index (χ0v) is 18.8. The van der Waals surface area contributed by atoms with E-state index in [0.717, 1.165) is 28.6 Å². The van der Waals surface area contributed by atoms with Crippen LogP contribution in [0.4, 0.5) is 20.7 Å². The van der Waals surface area contributed by atoms with Gasteiger partial charge in [-0.2, -0.15) is 0 Å². The van der Waals surface area contributed by atoms with Crippen LogP contribution >= 0.6 is 0 Å². The summed E-state index contributed by atoms with van der Waals surface area (Å²) in [5.41, 5.74) is 1.79. The van der Waals surface area contributed by atoms with E-state index in [-0.39, 0.29) is 17.3 Å². The minimum Gasteiger partial charge on any atom is -0.497 e. The SMILES string of the molecule is COc1ccc(-c2nc3n(c2NC(C)(C)C)CCN(C(=O)Nc2ccccc2F)C3)cc1. The summed E-state index contributed by atoms with van der Waals surface area (Å²) in [7, 11) is 1.64. The van der Waals surface area contributed by atoms with Crippen molar-refractivity contribution in [2.45, 2.75) is 39.4 Å².